The van der Waals surface area contributed by atoms with Gasteiger partial charge in [-0.05, 0) is 6.07 Å². The second-order valence-electron chi connectivity index (χ2n) is 2.11. The van der Waals surface area contributed by atoms with Crippen molar-refractivity contribution in [1.82, 2.24) is 9.97 Å². The molecule has 0 bridgehead atoms. The van der Waals surface area contributed by atoms with Crippen molar-refractivity contribution < 1.29 is 9.84 Å². The van der Waals surface area contributed by atoms with Gasteiger partial charge in [0.1, 0.15) is 12.4 Å². The van der Waals surface area contributed by atoms with E-state index in [1.807, 2.05) is 0 Å². The number of aliphatic hydroxyl groups excluding tert-OH is 1. The van der Waals surface area contributed by atoms with E-state index in [9.17, 15) is 5.11 Å². The Morgan fingerprint density at radius 2 is 2.55 bits per heavy atom. The van der Waals surface area contributed by atoms with Crippen LogP contribution in [0, 0.1) is 0 Å². The van der Waals surface area contributed by atoms with E-state index < -0.39 is 6.10 Å². The highest BCUT2D eigenvalue weighted by atomic mass is 16.5. The van der Waals surface area contributed by atoms with E-state index in [1.54, 1.807) is 12.3 Å². The molecule has 0 spiro atoms. The third-order valence-electron chi connectivity index (χ3n) is 1.27. The number of rotatable bonds is 3. The molecule has 1 rings (SSSR count). The van der Waals surface area contributed by atoms with E-state index >= 15 is 0 Å². The van der Waals surface area contributed by atoms with Crippen molar-refractivity contribution in [3.63, 3.8) is 0 Å². The highest BCUT2D eigenvalue weighted by Crippen LogP contribution is 2.06. The number of ether oxygens (including phenoxy) is 1. The van der Waals surface area contributed by atoms with Crippen molar-refractivity contribution >= 4 is 0 Å². The van der Waals surface area contributed by atoms with Crippen molar-refractivity contribution in [2.75, 3.05) is 13.7 Å². The second kappa shape index (κ2) is 4.00. The van der Waals surface area contributed by atoms with Crippen LogP contribution in [0.1, 0.15) is 11.8 Å². The Kier molecular flexibility index (Phi) is 2.95. The average molecular weight is 154 g/mol. The van der Waals surface area contributed by atoms with E-state index in [1.165, 1.54) is 13.4 Å². The van der Waals surface area contributed by atoms with Crippen LogP contribution in [0.4, 0.5) is 0 Å². The Labute approximate surface area is 64.9 Å². The number of nitrogens with zero attached hydrogens (tertiary/aromatic N) is 2. The lowest BCUT2D eigenvalue weighted by molar-refractivity contribution is 0.0616. The van der Waals surface area contributed by atoms with Gasteiger partial charge in [0, 0.05) is 13.3 Å². The summed E-state index contributed by atoms with van der Waals surface area (Å²) >= 11 is 0. The molecule has 0 aromatic carbocycles. The number of aromatic nitrogens is 2. The van der Waals surface area contributed by atoms with E-state index in [0.717, 1.165) is 0 Å². The standard InChI is InChI=1S/C7H10N2O2/c1-11-4-7(10)6-2-3-8-5-9-6/h2-3,5,7,10H,4H2,1H3. The van der Waals surface area contributed by atoms with Crippen molar-refractivity contribution in [2.45, 2.75) is 6.10 Å². The van der Waals surface area contributed by atoms with E-state index in [0.29, 0.717) is 5.69 Å². The highest BCUT2D eigenvalue weighted by Gasteiger charge is 2.06. The summed E-state index contributed by atoms with van der Waals surface area (Å²) in [7, 11) is 1.53. The molecule has 0 aliphatic heterocycles. The van der Waals surface area contributed by atoms with Crippen LogP contribution in [0.25, 0.3) is 0 Å². The lowest BCUT2D eigenvalue weighted by atomic mass is 10.2. The molecule has 0 saturated carbocycles. The fourth-order valence-corrected chi connectivity index (χ4v) is 0.741. The van der Waals surface area contributed by atoms with Gasteiger partial charge in [0.2, 0.25) is 0 Å². The summed E-state index contributed by atoms with van der Waals surface area (Å²) in [5, 5.41) is 9.31. The summed E-state index contributed by atoms with van der Waals surface area (Å²) in [5.74, 6) is 0. The predicted molar refractivity (Wildman–Crippen MR) is 38.9 cm³/mol. The molecule has 0 aliphatic carbocycles. The summed E-state index contributed by atoms with van der Waals surface area (Å²) in [5.41, 5.74) is 0.585. The predicted octanol–water partition coefficient (Wildman–Crippen LogP) is 0.156. The lowest BCUT2D eigenvalue weighted by Gasteiger charge is -2.06. The van der Waals surface area contributed by atoms with Gasteiger partial charge in [0.15, 0.2) is 0 Å². The first-order valence-electron chi connectivity index (χ1n) is 3.27. The highest BCUT2D eigenvalue weighted by molar-refractivity contribution is 5.01. The van der Waals surface area contributed by atoms with Crippen LogP contribution in [0.2, 0.25) is 0 Å². The number of hydrogen-bond acceptors (Lipinski definition) is 4. The van der Waals surface area contributed by atoms with Gasteiger partial charge in [0.05, 0.1) is 12.3 Å². The third kappa shape index (κ3) is 2.25. The van der Waals surface area contributed by atoms with Gasteiger partial charge >= 0.3 is 0 Å². The number of methoxy groups -OCH3 is 1. The first kappa shape index (κ1) is 8.10. The summed E-state index contributed by atoms with van der Waals surface area (Å²) in [4.78, 5) is 7.58. The molecule has 60 valence electrons. The number of aliphatic hydroxyl groups is 1. The third-order valence-corrected chi connectivity index (χ3v) is 1.27. The Bertz CT molecular complexity index is 203. The maximum Gasteiger partial charge on any atom is 0.119 e. The zero-order chi connectivity index (χ0) is 8.10. The first-order chi connectivity index (χ1) is 5.34. The van der Waals surface area contributed by atoms with Gasteiger partial charge in [-0.25, -0.2) is 9.97 Å². The van der Waals surface area contributed by atoms with Gasteiger partial charge in [-0.15, -0.1) is 0 Å². The molecule has 1 heterocycles. The molecule has 1 atom stereocenters. The molecule has 0 radical (unpaired) electrons. The molecule has 1 aromatic heterocycles. The molecule has 0 fully saturated rings. The molecule has 0 saturated heterocycles. The van der Waals surface area contributed by atoms with Crippen molar-refractivity contribution in [1.29, 1.82) is 0 Å². The van der Waals surface area contributed by atoms with Gasteiger partial charge < -0.3 is 9.84 Å². The molecule has 0 aliphatic rings. The Balaban J connectivity index is 2.61. The lowest BCUT2D eigenvalue weighted by Crippen LogP contribution is -2.06. The monoisotopic (exact) mass is 154 g/mol. The average Bonchev–Trinajstić information content (AvgIpc) is 2.07. The zero-order valence-corrected chi connectivity index (χ0v) is 6.27. The summed E-state index contributed by atoms with van der Waals surface area (Å²) in [6.45, 7) is 0.261. The maximum absolute atomic E-state index is 9.31. The minimum absolute atomic E-state index is 0.261. The first-order valence-corrected chi connectivity index (χ1v) is 3.27. The zero-order valence-electron chi connectivity index (χ0n) is 6.27. The summed E-state index contributed by atoms with van der Waals surface area (Å²) in [6.07, 6.45) is 2.33. The maximum atomic E-state index is 9.31. The van der Waals surface area contributed by atoms with Crippen LogP contribution in [0.3, 0.4) is 0 Å². The molecule has 11 heavy (non-hydrogen) atoms. The van der Waals surface area contributed by atoms with Gasteiger partial charge in [0.25, 0.3) is 0 Å². The molecule has 4 heteroatoms. The van der Waals surface area contributed by atoms with Crippen molar-refractivity contribution in [3.05, 3.63) is 24.3 Å². The molecular formula is C7H10N2O2. The van der Waals surface area contributed by atoms with Crippen LogP contribution >= 0.6 is 0 Å². The fraction of sp³-hybridized carbons (Fsp3) is 0.429. The number of hydrogen-bond donors (Lipinski definition) is 1. The molecule has 1 unspecified atom stereocenters. The minimum atomic E-state index is -0.650. The van der Waals surface area contributed by atoms with E-state index in [2.05, 4.69) is 9.97 Å². The Hall–Kier alpha value is -1.00. The van der Waals surface area contributed by atoms with Gasteiger partial charge in [-0.1, -0.05) is 0 Å². The Morgan fingerprint density at radius 1 is 1.73 bits per heavy atom. The van der Waals surface area contributed by atoms with Crippen LogP contribution in [0.15, 0.2) is 18.6 Å². The molecule has 0 amide bonds. The SMILES string of the molecule is COCC(O)c1ccncn1. The fourth-order valence-electron chi connectivity index (χ4n) is 0.741. The molecule has 1 aromatic rings. The summed E-state index contributed by atoms with van der Waals surface area (Å²) < 4.78 is 4.75. The van der Waals surface area contributed by atoms with E-state index in [-0.39, 0.29) is 6.61 Å². The summed E-state index contributed by atoms with van der Waals surface area (Å²) in [6, 6.07) is 1.66. The Morgan fingerprint density at radius 3 is 3.09 bits per heavy atom. The van der Waals surface area contributed by atoms with Crippen LogP contribution in [0.5, 0.6) is 0 Å². The second-order valence-corrected chi connectivity index (χ2v) is 2.11. The molecular weight excluding hydrogens is 144 g/mol. The topological polar surface area (TPSA) is 55.2 Å². The van der Waals surface area contributed by atoms with Gasteiger partial charge in [-0.2, -0.15) is 0 Å². The minimum Gasteiger partial charge on any atom is -0.384 e. The van der Waals surface area contributed by atoms with Crippen LogP contribution in [-0.4, -0.2) is 28.8 Å². The van der Waals surface area contributed by atoms with Crippen molar-refractivity contribution in [3.8, 4) is 0 Å². The van der Waals surface area contributed by atoms with Crippen LogP contribution in [-0.2, 0) is 4.74 Å². The van der Waals surface area contributed by atoms with E-state index in [4.69, 9.17) is 4.74 Å². The van der Waals surface area contributed by atoms with Crippen LogP contribution < -0.4 is 0 Å². The van der Waals surface area contributed by atoms with Gasteiger partial charge in [-0.3, -0.25) is 0 Å². The quantitative estimate of drug-likeness (QED) is 0.673. The molecule has 1 N–H and O–H groups in total. The largest absolute Gasteiger partial charge is 0.384 e. The van der Waals surface area contributed by atoms with Crippen molar-refractivity contribution in [2.24, 2.45) is 0 Å². The normalized spacial score (nSPS) is 12.9. The smallest absolute Gasteiger partial charge is 0.119 e. The molecule has 4 nitrogen and oxygen atoms in total.